The molecule has 0 radical (unpaired) electrons. The summed E-state index contributed by atoms with van der Waals surface area (Å²) in [7, 11) is 0. The van der Waals surface area contributed by atoms with Gasteiger partial charge in [0.25, 0.3) is 0 Å². The van der Waals surface area contributed by atoms with E-state index < -0.39 is 11.9 Å². The van der Waals surface area contributed by atoms with Crippen LogP contribution in [0.2, 0.25) is 0 Å². The Labute approximate surface area is 157 Å². The van der Waals surface area contributed by atoms with Gasteiger partial charge in [0.1, 0.15) is 12.1 Å². The number of aliphatic hydroxyl groups excluding tert-OH is 1. The summed E-state index contributed by atoms with van der Waals surface area (Å²) in [6, 6.07) is 15.8. The van der Waals surface area contributed by atoms with E-state index in [0.29, 0.717) is 23.6 Å². The number of hydrogen-bond acceptors (Lipinski definition) is 5. The summed E-state index contributed by atoms with van der Waals surface area (Å²) in [4.78, 5) is 8.36. The summed E-state index contributed by atoms with van der Waals surface area (Å²) in [6.45, 7) is 4.00. The van der Waals surface area contributed by atoms with Crippen LogP contribution in [0, 0.1) is 5.82 Å². The smallest absolute Gasteiger partial charge is 0.165 e. The minimum absolute atomic E-state index is 0.101. The van der Waals surface area contributed by atoms with Crippen molar-refractivity contribution in [3.8, 4) is 17.0 Å². The van der Waals surface area contributed by atoms with Gasteiger partial charge < -0.3 is 15.2 Å². The molecular formula is C21H22FN3O2. The first kappa shape index (κ1) is 18.8. The van der Waals surface area contributed by atoms with Gasteiger partial charge in [-0.15, -0.1) is 0 Å². The number of rotatable bonds is 7. The summed E-state index contributed by atoms with van der Waals surface area (Å²) >= 11 is 0. The lowest BCUT2D eigenvalue weighted by Crippen LogP contribution is -2.13. The van der Waals surface area contributed by atoms with Crippen LogP contribution >= 0.6 is 0 Å². The molecule has 1 aromatic heterocycles. The van der Waals surface area contributed by atoms with Gasteiger partial charge in [-0.25, -0.2) is 14.4 Å². The van der Waals surface area contributed by atoms with Crippen molar-refractivity contribution < 1.29 is 14.2 Å². The van der Waals surface area contributed by atoms with Crippen molar-refractivity contribution in [2.24, 2.45) is 0 Å². The lowest BCUT2D eigenvalue weighted by Gasteiger charge is -2.13. The maximum atomic E-state index is 14.2. The first-order chi connectivity index (χ1) is 13.0. The quantitative estimate of drug-likeness (QED) is 0.655. The molecular weight excluding hydrogens is 345 g/mol. The van der Waals surface area contributed by atoms with Crippen molar-refractivity contribution in [2.45, 2.75) is 26.1 Å². The number of nitrogens with one attached hydrogen (secondary N) is 1. The summed E-state index contributed by atoms with van der Waals surface area (Å²) in [5.74, 6) is 0.332. The molecule has 6 heteroatoms. The molecule has 2 aromatic carbocycles. The normalized spacial score (nSPS) is 12.0. The van der Waals surface area contributed by atoms with E-state index in [-0.39, 0.29) is 11.9 Å². The van der Waals surface area contributed by atoms with E-state index in [9.17, 15) is 9.50 Å². The Bertz CT molecular complexity index is 888. The van der Waals surface area contributed by atoms with E-state index in [1.807, 2.05) is 44.2 Å². The van der Waals surface area contributed by atoms with Gasteiger partial charge in [-0.3, -0.25) is 0 Å². The predicted molar refractivity (Wildman–Crippen MR) is 103 cm³/mol. The molecule has 0 fully saturated rings. The fourth-order valence-electron chi connectivity index (χ4n) is 2.62. The van der Waals surface area contributed by atoms with Crippen molar-refractivity contribution in [2.75, 3.05) is 11.9 Å². The largest absolute Gasteiger partial charge is 0.488 e. The Kier molecular flexibility index (Phi) is 5.98. The summed E-state index contributed by atoms with van der Waals surface area (Å²) in [6.07, 6.45) is 0.647. The fraction of sp³-hybridized carbons (Fsp3) is 0.238. The molecule has 5 nitrogen and oxygen atoms in total. The molecule has 0 bridgehead atoms. The van der Waals surface area contributed by atoms with Crippen LogP contribution in [0.5, 0.6) is 5.75 Å². The van der Waals surface area contributed by atoms with E-state index in [4.69, 9.17) is 4.74 Å². The van der Waals surface area contributed by atoms with E-state index in [1.54, 1.807) is 18.2 Å². The Balaban J connectivity index is 1.71. The molecule has 0 unspecified atom stereocenters. The van der Waals surface area contributed by atoms with E-state index in [0.717, 1.165) is 5.56 Å². The van der Waals surface area contributed by atoms with Gasteiger partial charge in [0.15, 0.2) is 11.6 Å². The minimum Gasteiger partial charge on any atom is -0.488 e. The Hall–Kier alpha value is -2.99. The third kappa shape index (κ3) is 5.01. The van der Waals surface area contributed by atoms with Gasteiger partial charge in [0, 0.05) is 18.2 Å². The zero-order valence-corrected chi connectivity index (χ0v) is 15.3. The Morgan fingerprint density at radius 1 is 1.07 bits per heavy atom. The number of anilines is 1. The highest BCUT2D eigenvalue weighted by Gasteiger charge is 2.11. The van der Waals surface area contributed by atoms with Gasteiger partial charge >= 0.3 is 0 Å². The van der Waals surface area contributed by atoms with Crippen LogP contribution in [0.3, 0.4) is 0 Å². The molecule has 0 aliphatic heterocycles. The highest BCUT2D eigenvalue weighted by atomic mass is 19.1. The zero-order chi connectivity index (χ0) is 19.2. The molecule has 1 heterocycles. The molecule has 0 amide bonds. The van der Waals surface area contributed by atoms with E-state index in [1.165, 1.54) is 12.4 Å². The van der Waals surface area contributed by atoms with Crippen molar-refractivity contribution in [1.29, 1.82) is 0 Å². The standard InChI is InChI=1S/C21H22FN3O2/c1-14(2)27-20-9-8-16(10-17(20)22)18-11-21(25-13-24-18)23-12-19(26)15-6-4-3-5-7-15/h3-11,13-14,19,26H,12H2,1-2H3,(H,23,24,25)/t19-/m0/s1. The Morgan fingerprint density at radius 2 is 1.85 bits per heavy atom. The molecule has 0 saturated heterocycles. The average Bonchev–Trinajstić information content (AvgIpc) is 2.68. The molecule has 27 heavy (non-hydrogen) atoms. The van der Waals surface area contributed by atoms with E-state index in [2.05, 4.69) is 15.3 Å². The third-order valence-corrected chi connectivity index (χ3v) is 3.92. The number of aromatic nitrogens is 2. The zero-order valence-electron chi connectivity index (χ0n) is 15.3. The van der Waals surface area contributed by atoms with Gasteiger partial charge in [0.05, 0.1) is 17.9 Å². The molecule has 0 aliphatic carbocycles. The summed E-state index contributed by atoms with van der Waals surface area (Å²) in [5.41, 5.74) is 2.02. The van der Waals surface area contributed by atoms with E-state index >= 15 is 0 Å². The van der Waals surface area contributed by atoms with Crippen molar-refractivity contribution in [3.63, 3.8) is 0 Å². The number of ether oxygens (including phenoxy) is 1. The summed E-state index contributed by atoms with van der Waals surface area (Å²) in [5, 5.41) is 13.3. The Morgan fingerprint density at radius 3 is 2.56 bits per heavy atom. The van der Waals surface area contributed by atoms with Crippen molar-refractivity contribution in [1.82, 2.24) is 9.97 Å². The van der Waals surface area contributed by atoms with Crippen LogP contribution in [-0.4, -0.2) is 27.7 Å². The average molecular weight is 367 g/mol. The van der Waals surface area contributed by atoms with Gasteiger partial charge in [-0.05, 0) is 37.6 Å². The first-order valence-corrected chi connectivity index (χ1v) is 8.78. The second-order valence-electron chi connectivity index (χ2n) is 6.41. The molecule has 0 aliphatic rings. The maximum absolute atomic E-state index is 14.2. The second-order valence-corrected chi connectivity index (χ2v) is 6.41. The molecule has 0 spiro atoms. The van der Waals surface area contributed by atoms with Gasteiger partial charge in [0.2, 0.25) is 0 Å². The van der Waals surface area contributed by atoms with Crippen molar-refractivity contribution in [3.05, 3.63) is 72.3 Å². The first-order valence-electron chi connectivity index (χ1n) is 8.78. The third-order valence-electron chi connectivity index (χ3n) is 3.92. The summed E-state index contributed by atoms with van der Waals surface area (Å²) < 4.78 is 19.6. The topological polar surface area (TPSA) is 67.3 Å². The number of benzene rings is 2. The monoisotopic (exact) mass is 367 g/mol. The number of halogens is 1. The van der Waals surface area contributed by atoms with Crippen LogP contribution in [-0.2, 0) is 0 Å². The fourth-order valence-corrected chi connectivity index (χ4v) is 2.62. The van der Waals surface area contributed by atoms with Crippen LogP contribution in [0.1, 0.15) is 25.5 Å². The molecule has 0 saturated carbocycles. The van der Waals surface area contributed by atoms with Crippen LogP contribution in [0.25, 0.3) is 11.3 Å². The number of hydrogen-bond donors (Lipinski definition) is 2. The highest BCUT2D eigenvalue weighted by molar-refractivity contribution is 5.63. The molecule has 3 rings (SSSR count). The van der Waals surface area contributed by atoms with Gasteiger partial charge in [-0.1, -0.05) is 30.3 Å². The maximum Gasteiger partial charge on any atom is 0.165 e. The molecule has 2 N–H and O–H groups in total. The van der Waals surface area contributed by atoms with Crippen LogP contribution < -0.4 is 10.1 Å². The minimum atomic E-state index is -0.658. The van der Waals surface area contributed by atoms with Crippen LogP contribution in [0.15, 0.2) is 60.9 Å². The van der Waals surface area contributed by atoms with Gasteiger partial charge in [-0.2, -0.15) is 0 Å². The predicted octanol–water partition coefficient (Wildman–Crippen LogP) is 4.22. The van der Waals surface area contributed by atoms with Crippen molar-refractivity contribution >= 4 is 5.82 Å². The lowest BCUT2D eigenvalue weighted by atomic mass is 10.1. The molecule has 1 atom stereocenters. The molecule has 3 aromatic rings. The second kappa shape index (κ2) is 8.60. The number of aliphatic hydroxyl groups is 1. The molecule has 140 valence electrons. The lowest BCUT2D eigenvalue weighted by molar-refractivity contribution is 0.191. The van der Waals surface area contributed by atoms with Crippen LogP contribution in [0.4, 0.5) is 10.2 Å². The number of nitrogens with zero attached hydrogens (tertiary/aromatic N) is 2. The SMILES string of the molecule is CC(C)Oc1ccc(-c2cc(NC[C@H](O)c3ccccc3)ncn2)cc1F. The highest BCUT2D eigenvalue weighted by Crippen LogP contribution is 2.26.